The Morgan fingerprint density at radius 3 is 2.80 bits per heavy atom. The molecule has 1 aliphatic heterocycles. The second-order valence-corrected chi connectivity index (χ2v) is 6.93. The summed E-state index contributed by atoms with van der Waals surface area (Å²) in [6.07, 6.45) is 3.14. The van der Waals surface area contributed by atoms with Gasteiger partial charge in [-0.1, -0.05) is 18.2 Å². The number of imidazole rings is 1. The SMILES string of the molecule is Cc1ncc(S(=O)(=O)N2CCCc3cccc(C)c32)[nH]1. The summed E-state index contributed by atoms with van der Waals surface area (Å²) in [6, 6.07) is 5.93. The first-order valence-electron chi connectivity index (χ1n) is 6.63. The van der Waals surface area contributed by atoms with Crippen molar-refractivity contribution in [1.29, 1.82) is 0 Å². The molecule has 1 aromatic heterocycles. The van der Waals surface area contributed by atoms with Gasteiger partial charge < -0.3 is 4.98 Å². The van der Waals surface area contributed by atoms with E-state index in [0.717, 1.165) is 29.7 Å². The number of aromatic nitrogens is 2. The maximum Gasteiger partial charge on any atom is 0.281 e. The topological polar surface area (TPSA) is 66.1 Å². The second-order valence-electron chi connectivity index (χ2n) is 5.10. The summed E-state index contributed by atoms with van der Waals surface area (Å²) < 4.78 is 27.0. The number of anilines is 1. The van der Waals surface area contributed by atoms with Gasteiger partial charge in [-0.05, 0) is 37.8 Å². The van der Waals surface area contributed by atoms with Gasteiger partial charge in [0.05, 0.1) is 11.9 Å². The molecule has 0 fully saturated rings. The van der Waals surface area contributed by atoms with Gasteiger partial charge in [-0.3, -0.25) is 4.31 Å². The number of sulfonamides is 1. The lowest BCUT2D eigenvalue weighted by Gasteiger charge is -2.31. The molecule has 2 aromatic rings. The molecule has 0 atom stereocenters. The number of aryl methyl sites for hydroxylation is 3. The Labute approximate surface area is 118 Å². The quantitative estimate of drug-likeness (QED) is 0.922. The first kappa shape index (κ1) is 13.2. The van der Waals surface area contributed by atoms with E-state index < -0.39 is 10.0 Å². The average molecular weight is 291 g/mol. The monoisotopic (exact) mass is 291 g/mol. The van der Waals surface area contributed by atoms with Crippen LogP contribution in [0.2, 0.25) is 0 Å². The zero-order valence-electron chi connectivity index (χ0n) is 11.5. The van der Waals surface area contributed by atoms with Crippen molar-refractivity contribution in [3.63, 3.8) is 0 Å². The van der Waals surface area contributed by atoms with Crippen molar-refractivity contribution in [1.82, 2.24) is 9.97 Å². The van der Waals surface area contributed by atoms with Gasteiger partial charge in [-0.15, -0.1) is 0 Å². The van der Waals surface area contributed by atoms with Crippen molar-refractivity contribution < 1.29 is 8.42 Å². The average Bonchev–Trinajstić information content (AvgIpc) is 2.86. The molecule has 1 N–H and O–H groups in total. The van der Waals surface area contributed by atoms with E-state index in [2.05, 4.69) is 9.97 Å². The highest BCUT2D eigenvalue weighted by atomic mass is 32.2. The molecule has 0 aliphatic carbocycles. The zero-order valence-corrected chi connectivity index (χ0v) is 12.4. The van der Waals surface area contributed by atoms with Crippen LogP contribution in [0.3, 0.4) is 0 Å². The molecule has 2 heterocycles. The van der Waals surface area contributed by atoms with Crippen molar-refractivity contribution in [2.75, 3.05) is 10.8 Å². The van der Waals surface area contributed by atoms with Crippen molar-refractivity contribution >= 4 is 15.7 Å². The maximum atomic E-state index is 12.8. The zero-order chi connectivity index (χ0) is 14.3. The second kappa shape index (κ2) is 4.63. The molecule has 0 radical (unpaired) electrons. The smallest absolute Gasteiger partial charge is 0.281 e. The number of nitrogens with zero attached hydrogens (tertiary/aromatic N) is 2. The largest absolute Gasteiger partial charge is 0.332 e. The number of rotatable bonds is 2. The minimum absolute atomic E-state index is 0.158. The normalized spacial score (nSPS) is 15.2. The van der Waals surface area contributed by atoms with E-state index in [4.69, 9.17) is 0 Å². The summed E-state index contributed by atoms with van der Waals surface area (Å²) in [5, 5.41) is 0.158. The van der Waals surface area contributed by atoms with Gasteiger partial charge in [0.2, 0.25) is 0 Å². The van der Waals surface area contributed by atoms with Gasteiger partial charge in [0.25, 0.3) is 10.0 Å². The number of aromatic amines is 1. The van der Waals surface area contributed by atoms with Crippen LogP contribution in [0.5, 0.6) is 0 Å². The molecule has 0 spiro atoms. The molecule has 106 valence electrons. The van der Waals surface area contributed by atoms with Crippen LogP contribution in [-0.2, 0) is 16.4 Å². The fourth-order valence-electron chi connectivity index (χ4n) is 2.69. The van der Waals surface area contributed by atoms with Crippen LogP contribution in [0.25, 0.3) is 0 Å². The summed E-state index contributed by atoms with van der Waals surface area (Å²) in [4.78, 5) is 6.82. The molecule has 3 rings (SSSR count). The Balaban J connectivity index is 2.13. The number of para-hydroxylation sites is 1. The minimum atomic E-state index is -3.56. The number of fused-ring (bicyclic) bond motifs is 1. The molecule has 5 nitrogen and oxygen atoms in total. The third kappa shape index (κ3) is 2.00. The van der Waals surface area contributed by atoms with E-state index in [0.29, 0.717) is 12.4 Å². The van der Waals surface area contributed by atoms with E-state index >= 15 is 0 Å². The molecular formula is C14H17N3O2S. The molecule has 1 aromatic carbocycles. The molecule has 20 heavy (non-hydrogen) atoms. The predicted molar refractivity (Wildman–Crippen MR) is 77.4 cm³/mol. The van der Waals surface area contributed by atoms with E-state index in [9.17, 15) is 8.42 Å². The third-order valence-electron chi connectivity index (χ3n) is 3.63. The van der Waals surface area contributed by atoms with Crippen LogP contribution in [0.4, 0.5) is 5.69 Å². The summed E-state index contributed by atoms with van der Waals surface area (Å²) in [5.41, 5.74) is 2.91. The lowest BCUT2D eigenvalue weighted by atomic mass is 10.0. The highest BCUT2D eigenvalue weighted by Crippen LogP contribution is 2.34. The Morgan fingerprint density at radius 1 is 1.30 bits per heavy atom. The summed E-state index contributed by atoms with van der Waals surface area (Å²) in [5.74, 6) is 0.602. The molecule has 0 bridgehead atoms. The number of benzene rings is 1. The molecule has 0 saturated carbocycles. The van der Waals surface area contributed by atoms with Gasteiger partial charge in [0.15, 0.2) is 5.03 Å². The number of hydrogen-bond donors (Lipinski definition) is 1. The van der Waals surface area contributed by atoms with Crippen LogP contribution in [0.1, 0.15) is 23.4 Å². The number of nitrogens with one attached hydrogen (secondary N) is 1. The first-order valence-corrected chi connectivity index (χ1v) is 8.07. The lowest BCUT2D eigenvalue weighted by Crippen LogP contribution is -2.36. The third-order valence-corrected chi connectivity index (χ3v) is 5.33. The van der Waals surface area contributed by atoms with Gasteiger partial charge >= 0.3 is 0 Å². The summed E-state index contributed by atoms with van der Waals surface area (Å²) in [6.45, 7) is 4.21. The van der Waals surface area contributed by atoms with Crippen LogP contribution < -0.4 is 4.31 Å². The molecule has 0 amide bonds. The highest BCUT2D eigenvalue weighted by molar-refractivity contribution is 7.92. The highest BCUT2D eigenvalue weighted by Gasteiger charge is 2.31. The first-order chi connectivity index (χ1) is 9.50. The van der Waals surface area contributed by atoms with Crippen LogP contribution in [-0.4, -0.2) is 24.9 Å². The fraction of sp³-hybridized carbons (Fsp3) is 0.357. The molecule has 6 heteroatoms. The maximum absolute atomic E-state index is 12.8. The van der Waals surface area contributed by atoms with Gasteiger partial charge in [0.1, 0.15) is 5.82 Å². The van der Waals surface area contributed by atoms with E-state index in [1.165, 1.54) is 10.5 Å². The molecule has 1 aliphatic rings. The Kier molecular flexibility index (Phi) is 3.05. The van der Waals surface area contributed by atoms with E-state index in [-0.39, 0.29) is 5.03 Å². The number of H-pyrrole nitrogens is 1. The van der Waals surface area contributed by atoms with Crippen molar-refractivity contribution in [2.45, 2.75) is 31.7 Å². The fourth-order valence-corrected chi connectivity index (χ4v) is 4.26. The number of hydrogen-bond acceptors (Lipinski definition) is 3. The molecular weight excluding hydrogens is 274 g/mol. The van der Waals surface area contributed by atoms with Crippen molar-refractivity contribution in [2.24, 2.45) is 0 Å². The molecule has 0 saturated heterocycles. The van der Waals surface area contributed by atoms with E-state index in [1.54, 1.807) is 6.92 Å². The standard InChI is InChI=1S/C14H17N3O2S/c1-10-5-3-6-12-7-4-8-17(14(10)12)20(18,19)13-9-15-11(2)16-13/h3,5-6,9H,4,7-8H2,1-2H3,(H,15,16). The van der Waals surface area contributed by atoms with E-state index in [1.807, 2.05) is 25.1 Å². The Morgan fingerprint density at radius 2 is 2.10 bits per heavy atom. The predicted octanol–water partition coefficient (Wildman–Crippen LogP) is 2.17. The minimum Gasteiger partial charge on any atom is -0.332 e. The molecule has 0 unspecified atom stereocenters. The lowest BCUT2D eigenvalue weighted by molar-refractivity contribution is 0.583. The van der Waals surface area contributed by atoms with Gasteiger partial charge in [-0.25, -0.2) is 4.98 Å². The Hall–Kier alpha value is -1.82. The summed E-state index contributed by atoms with van der Waals surface area (Å²) in [7, 11) is -3.56. The van der Waals surface area contributed by atoms with Crippen LogP contribution >= 0.6 is 0 Å². The Bertz CT molecular complexity index is 750. The van der Waals surface area contributed by atoms with Crippen LogP contribution in [0.15, 0.2) is 29.4 Å². The van der Waals surface area contributed by atoms with Crippen LogP contribution in [0, 0.1) is 13.8 Å². The van der Waals surface area contributed by atoms with Crippen molar-refractivity contribution in [3.8, 4) is 0 Å². The van der Waals surface area contributed by atoms with Gasteiger partial charge in [0, 0.05) is 6.54 Å². The van der Waals surface area contributed by atoms with Crippen molar-refractivity contribution in [3.05, 3.63) is 41.3 Å². The van der Waals surface area contributed by atoms with Gasteiger partial charge in [-0.2, -0.15) is 8.42 Å². The summed E-state index contributed by atoms with van der Waals surface area (Å²) >= 11 is 0.